The number of aromatic nitrogens is 1. The standard InChI is InChI=1S/C17H28N2O2/c1-13-5-6-16(15(19-13)11-18-17(2,3)4)21-12-14-7-9-20-10-8-14/h5-6,14,18H,7-12H2,1-4H3. The van der Waals surface area contributed by atoms with Gasteiger partial charge >= 0.3 is 0 Å². The third-order valence-electron chi connectivity index (χ3n) is 3.67. The molecule has 0 unspecified atom stereocenters. The minimum Gasteiger partial charge on any atom is -0.491 e. The maximum atomic E-state index is 6.04. The van der Waals surface area contributed by atoms with Crippen molar-refractivity contribution in [2.45, 2.75) is 52.6 Å². The van der Waals surface area contributed by atoms with E-state index in [0.717, 1.165) is 56.3 Å². The molecule has 0 bridgehead atoms. The second-order valence-corrected chi connectivity index (χ2v) is 6.87. The fourth-order valence-electron chi connectivity index (χ4n) is 2.33. The first-order valence-corrected chi connectivity index (χ1v) is 7.86. The lowest BCUT2D eigenvalue weighted by Gasteiger charge is -2.24. The summed E-state index contributed by atoms with van der Waals surface area (Å²) in [5, 5.41) is 3.48. The molecule has 0 aromatic carbocycles. The van der Waals surface area contributed by atoms with E-state index in [1.54, 1.807) is 0 Å². The van der Waals surface area contributed by atoms with Crippen LogP contribution < -0.4 is 10.1 Å². The van der Waals surface area contributed by atoms with Crippen LogP contribution in [0.4, 0.5) is 0 Å². The molecule has 4 heteroatoms. The number of hydrogen-bond donors (Lipinski definition) is 1. The molecule has 1 saturated heterocycles. The highest BCUT2D eigenvalue weighted by Gasteiger charge is 2.16. The molecule has 0 atom stereocenters. The largest absolute Gasteiger partial charge is 0.491 e. The van der Waals surface area contributed by atoms with Crippen molar-refractivity contribution in [1.82, 2.24) is 10.3 Å². The molecular formula is C17H28N2O2. The Balaban J connectivity index is 1.96. The predicted molar refractivity (Wildman–Crippen MR) is 84.6 cm³/mol. The number of nitrogens with one attached hydrogen (secondary N) is 1. The van der Waals surface area contributed by atoms with Gasteiger partial charge in [0.1, 0.15) is 5.75 Å². The zero-order valence-electron chi connectivity index (χ0n) is 13.7. The molecule has 118 valence electrons. The molecule has 0 aliphatic carbocycles. The molecule has 1 N–H and O–H groups in total. The van der Waals surface area contributed by atoms with Crippen LogP contribution in [-0.4, -0.2) is 30.3 Å². The number of ether oxygens (including phenoxy) is 2. The molecule has 0 saturated carbocycles. The van der Waals surface area contributed by atoms with Crippen molar-refractivity contribution >= 4 is 0 Å². The number of aryl methyl sites for hydroxylation is 1. The predicted octanol–water partition coefficient (Wildman–Crippen LogP) is 3.08. The van der Waals surface area contributed by atoms with E-state index in [1.165, 1.54) is 0 Å². The summed E-state index contributed by atoms with van der Waals surface area (Å²) < 4.78 is 11.4. The normalized spacial score (nSPS) is 17.0. The number of pyridine rings is 1. The summed E-state index contributed by atoms with van der Waals surface area (Å²) in [6.07, 6.45) is 2.18. The molecule has 4 nitrogen and oxygen atoms in total. The van der Waals surface area contributed by atoms with Gasteiger partial charge in [0.05, 0.1) is 12.3 Å². The quantitative estimate of drug-likeness (QED) is 0.905. The second kappa shape index (κ2) is 7.23. The highest BCUT2D eigenvalue weighted by molar-refractivity contribution is 5.29. The van der Waals surface area contributed by atoms with Crippen molar-refractivity contribution in [1.29, 1.82) is 0 Å². The Morgan fingerprint density at radius 2 is 2.00 bits per heavy atom. The molecule has 21 heavy (non-hydrogen) atoms. The van der Waals surface area contributed by atoms with Gasteiger partial charge in [0.25, 0.3) is 0 Å². The molecule has 1 fully saturated rings. The van der Waals surface area contributed by atoms with Crippen LogP contribution in [0.25, 0.3) is 0 Å². The summed E-state index contributed by atoms with van der Waals surface area (Å²) >= 11 is 0. The van der Waals surface area contributed by atoms with E-state index in [-0.39, 0.29) is 5.54 Å². The monoisotopic (exact) mass is 292 g/mol. The highest BCUT2D eigenvalue weighted by atomic mass is 16.5. The van der Waals surface area contributed by atoms with Gasteiger partial charge in [0.15, 0.2) is 0 Å². The van der Waals surface area contributed by atoms with E-state index in [4.69, 9.17) is 9.47 Å². The smallest absolute Gasteiger partial charge is 0.142 e. The number of nitrogens with zero attached hydrogens (tertiary/aromatic N) is 1. The molecule has 2 rings (SSSR count). The van der Waals surface area contributed by atoms with E-state index in [2.05, 4.69) is 31.1 Å². The number of rotatable bonds is 5. The Labute approximate surface area is 128 Å². The van der Waals surface area contributed by atoms with Gasteiger partial charge in [0, 0.05) is 31.0 Å². The highest BCUT2D eigenvalue weighted by Crippen LogP contribution is 2.21. The van der Waals surface area contributed by atoms with Gasteiger partial charge in [-0.25, -0.2) is 0 Å². The summed E-state index contributed by atoms with van der Waals surface area (Å²) in [5.74, 6) is 1.51. The van der Waals surface area contributed by atoms with Crippen LogP contribution >= 0.6 is 0 Å². The molecule has 0 radical (unpaired) electrons. The van der Waals surface area contributed by atoms with Crippen LogP contribution in [0, 0.1) is 12.8 Å². The van der Waals surface area contributed by atoms with Gasteiger partial charge in [-0.05, 0) is 58.6 Å². The van der Waals surface area contributed by atoms with Crippen LogP contribution in [0.3, 0.4) is 0 Å². The van der Waals surface area contributed by atoms with E-state index in [9.17, 15) is 0 Å². The Hall–Kier alpha value is -1.13. The van der Waals surface area contributed by atoms with Crippen LogP contribution in [0.2, 0.25) is 0 Å². The van der Waals surface area contributed by atoms with Gasteiger partial charge in [-0.1, -0.05) is 0 Å². The Bertz CT molecular complexity index is 449. The Kier molecular flexibility index (Phi) is 5.59. The molecular weight excluding hydrogens is 264 g/mol. The first-order chi connectivity index (χ1) is 9.94. The van der Waals surface area contributed by atoms with Crippen molar-refractivity contribution in [2.24, 2.45) is 5.92 Å². The zero-order chi connectivity index (χ0) is 15.3. The van der Waals surface area contributed by atoms with Gasteiger partial charge in [0.2, 0.25) is 0 Å². The molecule has 1 aromatic heterocycles. The maximum absolute atomic E-state index is 6.04. The fraction of sp³-hybridized carbons (Fsp3) is 0.706. The van der Waals surface area contributed by atoms with Crippen molar-refractivity contribution in [3.05, 3.63) is 23.5 Å². The van der Waals surface area contributed by atoms with E-state index < -0.39 is 0 Å². The van der Waals surface area contributed by atoms with Crippen molar-refractivity contribution < 1.29 is 9.47 Å². The average Bonchev–Trinajstić information content (AvgIpc) is 2.44. The molecule has 1 aromatic rings. The zero-order valence-corrected chi connectivity index (χ0v) is 13.7. The van der Waals surface area contributed by atoms with Crippen LogP contribution in [0.15, 0.2) is 12.1 Å². The number of hydrogen-bond acceptors (Lipinski definition) is 4. The van der Waals surface area contributed by atoms with Crippen LogP contribution in [0.1, 0.15) is 45.0 Å². The van der Waals surface area contributed by atoms with Gasteiger partial charge in [-0.3, -0.25) is 4.98 Å². The first kappa shape index (κ1) is 16.2. The van der Waals surface area contributed by atoms with Gasteiger partial charge in [-0.2, -0.15) is 0 Å². The van der Waals surface area contributed by atoms with E-state index >= 15 is 0 Å². The topological polar surface area (TPSA) is 43.4 Å². The minimum atomic E-state index is 0.0728. The summed E-state index contributed by atoms with van der Waals surface area (Å²) in [6.45, 7) is 11.7. The van der Waals surface area contributed by atoms with E-state index in [0.29, 0.717) is 5.92 Å². The lowest BCUT2D eigenvalue weighted by atomic mass is 10.0. The Morgan fingerprint density at radius 3 is 2.67 bits per heavy atom. The van der Waals surface area contributed by atoms with Crippen molar-refractivity contribution in [3.8, 4) is 5.75 Å². The molecule has 1 aliphatic rings. The third-order valence-corrected chi connectivity index (χ3v) is 3.67. The molecule has 0 spiro atoms. The van der Waals surface area contributed by atoms with Crippen molar-refractivity contribution in [2.75, 3.05) is 19.8 Å². The molecule has 2 heterocycles. The molecule has 0 amide bonds. The van der Waals surface area contributed by atoms with Crippen LogP contribution in [-0.2, 0) is 11.3 Å². The summed E-state index contributed by atoms with van der Waals surface area (Å²) in [5.41, 5.74) is 2.10. The average molecular weight is 292 g/mol. The Morgan fingerprint density at radius 1 is 1.29 bits per heavy atom. The molecule has 1 aliphatic heterocycles. The summed E-state index contributed by atoms with van der Waals surface area (Å²) in [4.78, 5) is 4.63. The fourth-order valence-corrected chi connectivity index (χ4v) is 2.33. The van der Waals surface area contributed by atoms with Crippen molar-refractivity contribution in [3.63, 3.8) is 0 Å². The SMILES string of the molecule is Cc1ccc(OCC2CCOCC2)c(CNC(C)(C)C)n1. The maximum Gasteiger partial charge on any atom is 0.142 e. The lowest BCUT2D eigenvalue weighted by Crippen LogP contribution is -2.35. The van der Waals surface area contributed by atoms with E-state index in [1.807, 2.05) is 19.1 Å². The van der Waals surface area contributed by atoms with Gasteiger partial charge < -0.3 is 14.8 Å². The van der Waals surface area contributed by atoms with Gasteiger partial charge in [-0.15, -0.1) is 0 Å². The second-order valence-electron chi connectivity index (χ2n) is 6.87. The summed E-state index contributed by atoms with van der Waals surface area (Å²) in [7, 11) is 0. The minimum absolute atomic E-state index is 0.0728. The van der Waals surface area contributed by atoms with Crippen LogP contribution in [0.5, 0.6) is 5.75 Å². The lowest BCUT2D eigenvalue weighted by molar-refractivity contribution is 0.0495. The third kappa shape index (κ3) is 5.64. The first-order valence-electron chi connectivity index (χ1n) is 7.86. The summed E-state index contributed by atoms with van der Waals surface area (Å²) in [6, 6.07) is 4.06.